The average molecular weight is 879 g/mol. The Morgan fingerprint density at radius 1 is 0.773 bits per heavy atom. The van der Waals surface area contributed by atoms with E-state index in [1.54, 1.807) is 36.4 Å². The minimum Gasteiger partial charge on any atom is -0.503 e. The highest BCUT2D eigenvalue weighted by molar-refractivity contribution is 14.1. The van der Waals surface area contributed by atoms with Crippen LogP contribution in [0, 0.1) is 36.7 Å². The number of allylic oxidation sites excluding steroid dienone is 2. The number of hydrogen-bond donors (Lipinski definition) is 1. The number of rotatable bonds is 4. The number of phenols is 1. The molecule has 7 rings (SSSR count). The molecule has 0 bridgehead atoms. The SMILES string of the molecule is COc1cc([C@H]2C3=CC[C@@H]4C(=O)N(c5ccc(I)cc5)C(=O)[C@@H]4[C@@H]3C[C@H]3C(=O)N(c4ccc(I)cc4)C(=O)[C@@H]23)cc(Br)c1O. The Morgan fingerprint density at radius 2 is 1.32 bits per heavy atom. The topological polar surface area (TPSA) is 104 Å². The minimum atomic E-state index is -0.721. The molecule has 1 N–H and O–H groups in total. The zero-order chi connectivity index (χ0) is 31.0. The van der Waals surface area contributed by atoms with E-state index in [1.165, 1.54) is 16.9 Å². The van der Waals surface area contributed by atoms with Crippen molar-refractivity contribution in [2.45, 2.75) is 18.8 Å². The molecule has 0 radical (unpaired) electrons. The minimum absolute atomic E-state index is 0.0723. The highest BCUT2D eigenvalue weighted by atomic mass is 127. The zero-order valence-electron chi connectivity index (χ0n) is 23.2. The molecule has 0 aromatic heterocycles. The lowest BCUT2D eigenvalue weighted by Gasteiger charge is -2.44. The van der Waals surface area contributed by atoms with Gasteiger partial charge in [-0.3, -0.25) is 29.0 Å². The molecule has 2 heterocycles. The lowest BCUT2D eigenvalue weighted by molar-refractivity contribution is -0.126. The summed E-state index contributed by atoms with van der Waals surface area (Å²) < 4.78 is 7.82. The largest absolute Gasteiger partial charge is 0.503 e. The molecule has 4 amide bonds. The number of nitrogens with zero attached hydrogens (tertiary/aromatic N) is 2. The molecule has 2 aliphatic carbocycles. The van der Waals surface area contributed by atoms with Gasteiger partial charge in [-0.1, -0.05) is 11.6 Å². The van der Waals surface area contributed by atoms with Gasteiger partial charge in [0.15, 0.2) is 11.5 Å². The van der Waals surface area contributed by atoms with E-state index in [1.807, 2.05) is 30.3 Å². The number of phenolic OH excluding ortho intramolecular Hbond substituents is 1. The first-order valence-corrected chi connectivity index (χ1v) is 17.1. The highest BCUT2D eigenvalue weighted by Gasteiger charge is 2.62. The first kappa shape index (κ1) is 29.9. The molecular weight excluding hydrogens is 854 g/mol. The Bertz CT molecular complexity index is 1780. The van der Waals surface area contributed by atoms with E-state index < -0.39 is 35.5 Å². The van der Waals surface area contributed by atoms with Gasteiger partial charge >= 0.3 is 0 Å². The van der Waals surface area contributed by atoms with Gasteiger partial charge in [-0.05, 0) is 146 Å². The van der Waals surface area contributed by atoms with Crippen molar-refractivity contribution in [2.24, 2.45) is 29.6 Å². The molecule has 3 fully saturated rings. The van der Waals surface area contributed by atoms with Crippen molar-refractivity contribution >= 4 is 96.1 Å². The van der Waals surface area contributed by atoms with E-state index in [9.17, 15) is 24.3 Å². The predicted octanol–water partition coefficient (Wildman–Crippen LogP) is 6.42. The molecule has 224 valence electrons. The molecule has 1 saturated carbocycles. The lowest BCUT2D eigenvalue weighted by atomic mass is 9.57. The van der Waals surface area contributed by atoms with E-state index in [4.69, 9.17) is 4.74 Å². The second kappa shape index (κ2) is 11.2. The first-order chi connectivity index (χ1) is 21.1. The summed E-state index contributed by atoms with van der Waals surface area (Å²) in [6.07, 6.45) is 2.65. The van der Waals surface area contributed by atoms with Crippen molar-refractivity contribution in [3.05, 3.63) is 89.5 Å². The number of fused-ring (bicyclic) bond motifs is 4. The summed E-state index contributed by atoms with van der Waals surface area (Å²) in [6.45, 7) is 0. The van der Waals surface area contributed by atoms with Gasteiger partial charge in [-0.15, -0.1) is 0 Å². The Kier molecular flexibility index (Phi) is 7.63. The predicted molar refractivity (Wildman–Crippen MR) is 183 cm³/mol. The fourth-order valence-electron chi connectivity index (χ4n) is 7.58. The summed E-state index contributed by atoms with van der Waals surface area (Å²) in [5, 5.41) is 10.6. The number of aromatic hydroxyl groups is 1. The molecule has 11 heteroatoms. The third-order valence-electron chi connectivity index (χ3n) is 9.45. The fraction of sp³-hybridized carbons (Fsp3) is 0.273. The smallest absolute Gasteiger partial charge is 0.238 e. The second-order valence-corrected chi connectivity index (χ2v) is 14.9. The quantitative estimate of drug-likeness (QED) is 0.185. The molecule has 6 atom stereocenters. The van der Waals surface area contributed by atoms with Crippen LogP contribution < -0.4 is 14.5 Å². The first-order valence-electron chi connectivity index (χ1n) is 14.1. The van der Waals surface area contributed by atoms with Crippen molar-refractivity contribution in [3.63, 3.8) is 0 Å². The number of imide groups is 2. The van der Waals surface area contributed by atoms with Crippen LogP contribution in [0.3, 0.4) is 0 Å². The van der Waals surface area contributed by atoms with Gasteiger partial charge in [0.2, 0.25) is 23.6 Å². The molecule has 2 aliphatic heterocycles. The number of benzene rings is 3. The van der Waals surface area contributed by atoms with Crippen LogP contribution in [-0.4, -0.2) is 35.8 Å². The number of halogens is 3. The summed E-state index contributed by atoms with van der Waals surface area (Å²) in [6, 6.07) is 18.0. The molecule has 2 saturated heterocycles. The van der Waals surface area contributed by atoms with Crippen molar-refractivity contribution in [1.82, 2.24) is 0 Å². The Balaban J connectivity index is 1.35. The van der Waals surface area contributed by atoms with E-state index in [0.29, 0.717) is 27.8 Å². The van der Waals surface area contributed by atoms with Gasteiger partial charge in [0, 0.05) is 13.1 Å². The van der Waals surface area contributed by atoms with Crippen molar-refractivity contribution in [2.75, 3.05) is 16.9 Å². The molecule has 3 aromatic rings. The van der Waals surface area contributed by atoms with Crippen LogP contribution in [0.2, 0.25) is 0 Å². The molecular formula is C33H25BrI2N2O6. The number of methoxy groups -OCH3 is 1. The molecule has 4 aliphatic rings. The number of hydrogen-bond acceptors (Lipinski definition) is 6. The third-order valence-corrected chi connectivity index (χ3v) is 11.5. The van der Waals surface area contributed by atoms with Crippen LogP contribution in [0.5, 0.6) is 11.5 Å². The molecule has 0 unspecified atom stereocenters. The van der Waals surface area contributed by atoms with Gasteiger partial charge in [-0.25, -0.2) is 0 Å². The molecule has 44 heavy (non-hydrogen) atoms. The van der Waals surface area contributed by atoms with E-state index >= 15 is 0 Å². The van der Waals surface area contributed by atoms with Crippen LogP contribution in [0.1, 0.15) is 24.3 Å². The summed E-state index contributed by atoms with van der Waals surface area (Å²) in [4.78, 5) is 58.8. The van der Waals surface area contributed by atoms with E-state index in [-0.39, 0.29) is 41.5 Å². The number of carbonyl (C=O) groups is 4. The Morgan fingerprint density at radius 3 is 1.89 bits per heavy atom. The molecule has 8 nitrogen and oxygen atoms in total. The Hall–Kier alpha value is -2.78. The number of ether oxygens (including phenoxy) is 1. The van der Waals surface area contributed by atoms with Crippen LogP contribution >= 0.6 is 61.1 Å². The maximum atomic E-state index is 14.3. The van der Waals surface area contributed by atoms with Crippen molar-refractivity contribution in [3.8, 4) is 11.5 Å². The molecule has 3 aromatic carbocycles. The summed E-state index contributed by atoms with van der Waals surface area (Å²) >= 11 is 7.79. The average Bonchev–Trinajstić information content (AvgIpc) is 3.42. The Labute approximate surface area is 289 Å². The number of anilines is 2. The third kappa shape index (κ3) is 4.55. The fourth-order valence-corrected chi connectivity index (χ4v) is 8.76. The van der Waals surface area contributed by atoms with Crippen LogP contribution in [0.25, 0.3) is 0 Å². The van der Waals surface area contributed by atoms with Gasteiger partial charge < -0.3 is 9.84 Å². The van der Waals surface area contributed by atoms with Crippen LogP contribution in [0.15, 0.2) is 76.8 Å². The normalized spacial score (nSPS) is 27.7. The monoisotopic (exact) mass is 878 g/mol. The van der Waals surface area contributed by atoms with Crippen LogP contribution in [0.4, 0.5) is 11.4 Å². The van der Waals surface area contributed by atoms with Crippen LogP contribution in [-0.2, 0) is 19.2 Å². The standard InChI is InChI=1S/C33H25BrI2N2O6/c1-44-25-13-15(12-24(34)29(25)39)26-20-10-11-21-27(32(42)37(30(21)40)18-6-2-16(35)3-7-18)22(20)14-23-28(26)33(43)38(31(23)41)19-8-4-17(36)5-9-19/h2-10,12-13,21-23,26-28,39H,11,14H2,1H3/t21-,22+,23+,26-,27-,28+/m0/s1. The van der Waals surface area contributed by atoms with Gasteiger partial charge in [0.05, 0.1) is 46.6 Å². The maximum Gasteiger partial charge on any atom is 0.238 e. The van der Waals surface area contributed by atoms with Gasteiger partial charge in [-0.2, -0.15) is 0 Å². The summed E-state index contributed by atoms with van der Waals surface area (Å²) in [7, 11) is 1.45. The van der Waals surface area contributed by atoms with Gasteiger partial charge in [0.25, 0.3) is 0 Å². The summed E-state index contributed by atoms with van der Waals surface area (Å²) in [5.41, 5.74) is 2.60. The highest BCUT2D eigenvalue weighted by Crippen LogP contribution is 2.59. The lowest BCUT2D eigenvalue weighted by Crippen LogP contribution is -2.43. The van der Waals surface area contributed by atoms with Crippen molar-refractivity contribution < 1.29 is 29.0 Å². The van der Waals surface area contributed by atoms with E-state index in [2.05, 4.69) is 61.1 Å². The maximum absolute atomic E-state index is 14.3. The van der Waals surface area contributed by atoms with Crippen molar-refractivity contribution in [1.29, 1.82) is 0 Å². The number of amides is 4. The zero-order valence-corrected chi connectivity index (χ0v) is 29.1. The number of carbonyl (C=O) groups excluding carboxylic acids is 4. The van der Waals surface area contributed by atoms with Gasteiger partial charge in [0.1, 0.15) is 0 Å². The summed E-state index contributed by atoms with van der Waals surface area (Å²) in [5.74, 6) is -4.55. The van der Waals surface area contributed by atoms with E-state index in [0.717, 1.165) is 12.7 Å². The second-order valence-electron chi connectivity index (χ2n) is 11.6. The molecule has 0 spiro atoms.